The van der Waals surface area contributed by atoms with Gasteiger partial charge >= 0.3 is 0 Å². The molecule has 0 aliphatic carbocycles. The molecule has 0 saturated heterocycles. The predicted molar refractivity (Wildman–Crippen MR) is 40.6 cm³/mol. The van der Waals surface area contributed by atoms with Crippen molar-refractivity contribution >= 4 is 10.2 Å². The highest BCUT2D eigenvalue weighted by molar-refractivity contribution is 7.86. The molecule has 10 heavy (non-hydrogen) atoms. The van der Waals surface area contributed by atoms with Crippen molar-refractivity contribution in [3.8, 4) is 0 Å². The molecule has 5 heteroatoms. The fourth-order valence-corrected chi connectivity index (χ4v) is 0.892. The first-order chi connectivity index (χ1) is 4.48. The van der Waals surface area contributed by atoms with Crippen LogP contribution in [0.4, 0.5) is 0 Å². The number of nitrogens with zero attached hydrogens (tertiary/aromatic N) is 1. The molecule has 0 aliphatic heterocycles. The summed E-state index contributed by atoms with van der Waals surface area (Å²) in [4.78, 5) is 0. The molecule has 0 bridgehead atoms. The Morgan fingerprint density at radius 3 is 2.30 bits per heavy atom. The molecule has 4 nitrogen and oxygen atoms in total. The topological polar surface area (TPSA) is 63.4 Å². The van der Waals surface area contributed by atoms with E-state index in [-0.39, 0.29) is 0 Å². The molecule has 0 saturated carbocycles. The molecule has 0 amide bonds. The number of hydrogen-bond acceptors (Lipinski definition) is 2. The Balaban J connectivity index is 3.75. The van der Waals surface area contributed by atoms with E-state index >= 15 is 0 Å². The normalized spacial score (nSPS) is 12.4. The van der Waals surface area contributed by atoms with Gasteiger partial charge in [0.15, 0.2) is 0 Å². The van der Waals surface area contributed by atoms with Gasteiger partial charge in [-0.25, -0.2) is 5.14 Å². The Hall–Kier alpha value is -0.130. The Morgan fingerprint density at radius 1 is 1.50 bits per heavy atom. The van der Waals surface area contributed by atoms with Crippen LogP contribution in [-0.2, 0) is 10.2 Å². The van der Waals surface area contributed by atoms with Crippen LogP contribution in [0.1, 0.15) is 19.8 Å². The molecule has 0 atom stereocenters. The minimum Gasteiger partial charge on any atom is -0.216 e. The highest BCUT2D eigenvalue weighted by Gasteiger charge is 2.08. The fraction of sp³-hybridized carbons (Fsp3) is 1.00. The number of unbranched alkanes of at least 4 members (excludes halogenated alkanes) is 1. The Kier molecular flexibility index (Phi) is 3.85. The summed E-state index contributed by atoms with van der Waals surface area (Å²) in [6, 6.07) is 0. The van der Waals surface area contributed by atoms with Crippen LogP contribution in [0, 0.1) is 0 Å². The maximum Gasteiger partial charge on any atom is 0.276 e. The van der Waals surface area contributed by atoms with Crippen LogP contribution in [0.2, 0.25) is 0 Å². The first kappa shape index (κ1) is 9.87. The van der Waals surface area contributed by atoms with Gasteiger partial charge in [-0.05, 0) is 6.42 Å². The highest BCUT2D eigenvalue weighted by atomic mass is 32.2. The van der Waals surface area contributed by atoms with Gasteiger partial charge in [-0.1, -0.05) is 13.3 Å². The molecule has 62 valence electrons. The van der Waals surface area contributed by atoms with E-state index in [2.05, 4.69) is 0 Å². The maximum atomic E-state index is 10.5. The average molecular weight is 166 g/mol. The van der Waals surface area contributed by atoms with E-state index in [1.807, 2.05) is 6.92 Å². The summed E-state index contributed by atoms with van der Waals surface area (Å²) < 4.78 is 22.2. The third-order valence-corrected chi connectivity index (χ3v) is 2.31. The lowest BCUT2D eigenvalue weighted by Crippen LogP contribution is -2.33. The molecule has 0 aromatic heterocycles. The molecule has 0 rings (SSSR count). The summed E-state index contributed by atoms with van der Waals surface area (Å²) in [7, 11) is -1.96. The van der Waals surface area contributed by atoms with Crippen LogP contribution in [0.15, 0.2) is 0 Å². The molecule has 2 N–H and O–H groups in total. The Bertz CT molecular complexity index is 176. The number of nitrogens with two attached hydrogens (primary N) is 1. The summed E-state index contributed by atoms with van der Waals surface area (Å²) in [5.74, 6) is 0. The molecule has 0 radical (unpaired) electrons. The molecule has 0 spiro atoms. The van der Waals surface area contributed by atoms with Gasteiger partial charge in [0.1, 0.15) is 0 Å². The summed E-state index contributed by atoms with van der Waals surface area (Å²) in [6.45, 7) is 2.51. The minimum atomic E-state index is -3.44. The number of rotatable bonds is 4. The van der Waals surface area contributed by atoms with Gasteiger partial charge < -0.3 is 0 Å². The SMILES string of the molecule is CCCCN(C)S(N)(=O)=O. The van der Waals surface area contributed by atoms with Crippen molar-refractivity contribution in [2.75, 3.05) is 13.6 Å². The van der Waals surface area contributed by atoms with Crippen LogP contribution in [0.5, 0.6) is 0 Å². The standard InChI is InChI=1S/C5H14N2O2S/c1-3-4-5-7(2)10(6,8)9/h3-5H2,1-2H3,(H2,6,8,9). The lowest BCUT2D eigenvalue weighted by molar-refractivity contribution is 0.460. The first-order valence-electron chi connectivity index (χ1n) is 3.22. The quantitative estimate of drug-likeness (QED) is 0.635. The molecule has 0 unspecified atom stereocenters. The van der Waals surface area contributed by atoms with Gasteiger partial charge in [0.2, 0.25) is 0 Å². The lowest BCUT2D eigenvalue weighted by Gasteiger charge is -2.11. The largest absolute Gasteiger partial charge is 0.276 e. The van der Waals surface area contributed by atoms with Crippen LogP contribution < -0.4 is 5.14 Å². The third-order valence-electron chi connectivity index (χ3n) is 1.26. The second-order valence-electron chi connectivity index (χ2n) is 2.22. The molecule has 0 fully saturated rings. The van der Waals surface area contributed by atoms with Gasteiger partial charge in [0.05, 0.1) is 0 Å². The van der Waals surface area contributed by atoms with Crippen molar-refractivity contribution in [2.24, 2.45) is 5.14 Å². The molecule has 0 aromatic carbocycles. The van der Waals surface area contributed by atoms with E-state index in [0.29, 0.717) is 6.54 Å². The zero-order valence-electron chi connectivity index (χ0n) is 6.37. The second kappa shape index (κ2) is 3.90. The van der Waals surface area contributed by atoms with E-state index in [9.17, 15) is 8.42 Å². The van der Waals surface area contributed by atoms with E-state index in [1.54, 1.807) is 0 Å². The predicted octanol–water partition coefficient (Wildman–Crippen LogP) is -0.0782. The van der Waals surface area contributed by atoms with Gasteiger partial charge in [-0.2, -0.15) is 12.7 Å². The summed E-state index contributed by atoms with van der Waals surface area (Å²) >= 11 is 0. The van der Waals surface area contributed by atoms with Crippen molar-refractivity contribution < 1.29 is 8.42 Å². The van der Waals surface area contributed by atoms with Crippen LogP contribution in [0.25, 0.3) is 0 Å². The van der Waals surface area contributed by atoms with E-state index < -0.39 is 10.2 Å². The monoisotopic (exact) mass is 166 g/mol. The van der Waals surface area contributed by atoms with Crippen LogP contribution in [0.3, 0.4) is 0 Å². The molecule has 0 aromatic rings. The van der Waals surface area contributed by atoms with Crippen molar-refractivity contribution in [3.63, 3.8) is 0 Å². The van der Waals surface area contributed by atoms with Gasteiger partial charge in [-0.3, -0.25) is 0 Å². The van der Waals surface area contributed by atoms with Gasteiger partial charge in [0.25, 0.3) is 10.2 Å². The van der Waals surface area contributed by atoms with Crippen molar-refractivity contribution in [3.05, 3.63) is 0 Å². The van der Waals surface area contributed by atoms with Crippen LogP contribution in [-0.4, -0.2) is 26.3 Å². The first-order valence-corrected chi connectivity index (χ1v) is 4.73. The summed E-state index contributed by atoms with van der Waals surface area (Å²) in [5.41, 5.74) is 0. The zero-order chi connectivity index (χ0) is 8.20. The highest BCUT2D eigenvalue weighted by Crippen LogP contribution is 1.93. The number of hydrogen-bond donors (Lipinski definition) is 1. The van der Waals surface area contributed by atoms with E-state index in [1.165, 1.54) is 7.05 Å². The third kappa shape index (κ3) is 3.81. The minimum absolute atomic E-state index is 0.509. The molecule has 0 aliphatic rings. The van der Waals surface area contributed by atoms with Gasteiger partial charge in [-0.15, -0.1) is 0 Å². The van der Waals surface area contributed by atoms with Gasteiger partial charge in [0, 0.05) is 13.6 Å². The molecular formula is C5H14N2O2S. The summed E-state index contributed by atoms with van der Waals surface area (Å²) in [5, 5.41) is 4.82. The fourth-order valence-electron chi connectivity index (χ4n) is 0.508. The second-order valence-corrected chi connectivity index (χ2v) is 3.87. The van der Waals surface area contributed by atoms with Crippen molar-refractivity contribution in [1.82, 2.24) is 4.31 Å². The van der Waals surface area contributed by atoms with E-state index in [4.69, 9.17) is 5.14 Å². The lowest BCUT2D eigenvalue weighted by atomic mass is 10.3. The smallest absolute Gasteiger partial charge is 0.216 e. The molecular weight excluding hydrogens is 152 g/mol. The Labute approximate surface area is 62.2 Å². The maximum absolute atomic E-state index is 10.5. The molecule has 0 heterocycles. The average Bonchev–Trinajstić information content (AvgIpc) is 1.80. The Morgan fingerprint density at radius 2 is 2.00 bits per heavy atom. The zero-order valence-corrected chi connectivity index (χ0v) is 7.19. The van der Waals surface area contributed by atoms with Crippen LogP contribution >= 0.6 is 0 Å². The van der Waals surface area contributed by atoms with E-state index in [0.717, 1.165) is 17.1 Å². The van der Waals surface area contributed by atoms with Crippen molar-refractivity contribution in [1.29, 1.82) is 0 Å². The van der Waals surface area contributed by atoms with Crippen molar-refractivity contribution in [2.45, 2.75) is 19.8 Å². The summed E-state index contributed by atoms with van der Waals surface area (Å²) in [6.07, 6.45) is 1.83.